The summed E-state index contributed by atoms with van der Waals surface area (Å²) in [4.78, 5) is 16.2. The van der Waals surface area contributed by atoms with Crippen LogP contribution in [0, 0.1) is 12.7 Å². The third kappa shape index (κ3) is 3.95. The fraction of sp³-hybridized carbons (Fsp3) is 0.125. The summed E-state index contributed by atoms with van der Waals surface area (Å²) in [7, 11) is 0. The van der Waals surface area contributed by atoms with Gasteiger partial charge in [-0.05, 0) is 36.8 Å². The molecule has 0 bridgehead atoms. The number of halogens is 1. The smallest absolute Gasteiger partial charge is 0.259 e. The Morgan fingerprint density at radius 2 is 1.96 bits per heavy atom. The van der Waals surface area contributed by atoms with E-state index in [4.69, 9.17) is 0 Å². The van der Waals surface area contributed by atoms with Gasteiger partial charge in [-0.1, -0.05) is 23.5 Å². The first-order chi connectivity index (χ1) is 11.1. The lowest BCUT2D eigenvalue weighted by Gasteiger charge is -2.00. The summed E-state index contributed by atoms with van der Waals surface area (Å²) in [6, 6.07) is 9.69. The summed E-state index contributed by atoms with van der Waals surface area (Å²) >= 11 is 1.29. The van der Waals surface area contributed by atoms with Crippen LogP contribution in [0.25, 0.3) is 0 Å². The molecule has 0 atom stereocenters. The van der Waals surface area contributed by atoms with E-state index in [0.29, 0.717) is 17.1 Å². The van der Waals surface area contributed by atoms with Crippen molar-refractivity contribution in [2.75, 3.05) is 5.32 Å². The number of nitrogens with zero attached hydrogens (tertiary/aromatic N) is 3. The Labute approximate surface area is 136 Å². The first-order valence-corrected chi connectivity index (χ1v) is 7.72. The van der Waals surface area contributed by atoms with E-state index in [0.717, 1.165) is 16.3 Å². The number of hydrogen-bond acceptors (Lipinski definition) is 5. The lowest BCUT2D eigenvalue weighted by Crippen LogP contribution is -2.12. The van der Waals surface area contributed by atoms with Gasteiger partial charge >= 0.3 is 0 Å². The van der Waals surface area contributed by atoms with E-state index in [1.54, 1.807) is 24.3 Å². The number of carbonyl (C=O) groups is 1. The quantitative estimate of drug-likeness (QED) is 0.798. The second-order valence-corrected chi connectivity index (χ2v) is 6.01. The molecule has 23 heavy (non-hydrogen) atoms. The normalized spacial score (nSPS) is 10.5. The van der Waals surface area contributed by atoms with E-state index in [1.807, 2.05) is 6.92 Å². The molecule has 1 amide bonds. The van der Waals surface area contributed by atoms with Crippen LogP contribution in [0.2, 0.25) is 0 Å². The number of hydrogen-bond donors (Lipinski definition) is 1. The molecule has 2 aromatic heterocycles. The summed E-state index contributed by atoms with van der Waals surface area (Å²) in [6.07, 6.45) is 2.06. The summed E-state index contributed by atoms with van der Waals surface area (Å²) in [5.74, 6) is -0.548. The fourth-order valence-electron chi connectivity index (χ4n) is 1.92. The Hall–Kier alpha value is -2.67. The Kier molecular flexibility index (Phi) is 4.38. The largest absolute Gasteiger partial charge is 0.296 e. The van der Waals surface area contributed by atoms with Gasteiger partial charge in [0.1, 0.15) is 10.8 Å². The van der Waals surface area contributed by atoms with Crippen molar-refractivity contribution in [3.8, 4) is 0 Å². The summed E-state index contributed by atoms with van der Waals surface area (Å²) < 4.78 is 12.9. The van der Waals surface area contributed by atoms with Crippen LogP contribution in [0.4, 0.5) is 9.52 Å². The van der Waals surface area contributed by atoms with Crippen molar-refractivity contribution in [1.82, 2.24) is 15.2 Å². The highest BCUT2D eigenvalue weighted by Gasteiger charge is 2.11. The Balaban J connectivity index is 1.66. The zero-order chi connectivity index (χ0) is 16.2. The first-order valence-electron chi connectivity index (χ1n) is 6.91. The second kappa shape index (κ2) is 6.62. The van der Waals surface area contributed by atoms with Gasteiger partial charge in [0.05, 0.1) is 5.56 Å². The van der Waals surface area contributed by atoms with Crippen molar-refractivity contribution < 1.29 is 9.18 Å². The molecule has 0 spiro atoms. The minimum atomic E-state index is -0.276. The van der Waals surface area contributed by atoms with Crippen LogP contribution in [-0.4, -0.2) is 21.1 Å². The molecule has 0 unspecified atom stereocenters. The first kappa shape index (κ1) is 15.2. The third-order valence-electron chi connectivity index (χ3n) is 3.13. The van der Waals surface area contributed by atoms with Crippen LogP contribution in [0.1, 0.15) is 26.6 Å². The molecule has 1 N–H and O–H groups in total. The maximum absolute atomic E-state index is 12.9. The van der Waals surface area contributed by atoms with Gasteiger partial charge in [-0.2, -0.15) is 0 Å². The molecule has 2 heterocycles. The predicted molar refractivity (Wildman–Crippen MR) is 86.0 cm³/mol. The molecular formula is C16H13FN4OS. The van der Waals surface area contributed by atoms with Crippen molar-refractivity contribution in [2.45, 2.75) is 13.3 Å². The molecule has 0 saturated heterocycles. The van der Waals surface area contributed by atoms with Crippen LogP contribution >= 0.6 is 11.3 Å². The molecule has 116 valence electrons. The van der Waals surface area contributed by atoms with E-state index in [-0.39, 0.29) is 11.7 Å². The van der Waals surface area contributed by atoms with Crippen LogP contribution < -0.4 is 5.32 Å². The number of amides is 1. The zero-order valence-electron chi connectivity index (χ0n) is 12.3. The Morgan fingerprint density at radius 1 is 1.17 bits per heavy atom. The molecule has 0 aliphatic carbocycles. The maximum Gasteiger partial charge on any atom is 0.259 e. The second-order valence-electron chi connectivity index (χ2n) is 4.95. The minimum absolute atomic E-state index is 0.273. The van der Waals surface area contributed by atoms with Gasteiger partial charge in [0, 0.05) is 18.3 Å². The van der Waals surface area contributed by atoms with Gasteiger partial charge in [0.15, 0.2) is 0 Å². The highest BCUT2D eigenvalue weighted by molar-refractivity contribution is 7.15. The van der Waals surface area contributed by atoms with Crippen molar-refractivity contribution in [3.63, 3.8) is 0 Å². The van der Waals surface area contributed by atoms with E-state index in [9.17, 15) is 9.18 Å². The molecule has 7 heteroatoms. The average Bonchev–Trinajstić information content (AvgIpc) is 2.97. The standard InChI is InChI=1S/C16H13FN4OS/c1-10-2-5-12(9-18-10)15(22)19-16-21-20-14(23-16)8-11-3-6-13(17)7-4-11/h2-7,9H,8H2,1H3,(H,19,21,22). The molecule has 0 radical (unpaired) electrons. The highest BCUT2D eigenvalue weighted by Crippen LogP contribution is 2.19. The van der Waals surface area contributed by atoms with E-state index >= 15 is 0 Å². The number of benzene rings is 1. The molecule has 0 aliphatic rings. The lowest BCUT2D eigenvalue weighted by molar-refractivity contribution is 0.102. The Bertz CT molecular complexity index is 815. The van der Waals surface area contributed by atoms with Crippen LogP contribution in [-0.2, 0) is 6.42 Å². The van der Waals surface area contributed by atoms with E-state index in [1.165, 1.54) is 29.7 Å². The van der Waals surface area contributed by atoms with E-state index in [2.05, 4.69) is 20.5 Å². The maximum atomic E-state index is 12.9. The lowest BCUT2D eigenvalue weighted by atomic mass is 10.2. The number of pyridine rings is 1. The molecule has 0 saturated carbocycles. The number of nitrogens with one attached hydrogen (secondary N) is 1. The summed E-state index contributed by atoms with van der Waals surface area (Å²) in [6.45, 7) is 1.86. The van der Waals surface area contributed by atoms with Crippen LogP contribution in [0.15, 0.2) is 42.6 Å². The van der Waals surface area contributed by atoms with E-state index < -0.39 is 0 Å². The molecule has 5 nitrogen and oxygen atoms in total. The van der Waals surface area contributed by atoms with Crippen LogP contribution in [0.5, 0.6) is 0 Å². The highest BCUT2D eigenvalue weighted by atomic mass is 32.1. The molecule has 1 aromatic carbocycles. The van der Waals surface area contributed by atoms with Gasteiger partial charge < -0.3 is 0 Å². The fourth-order valence-corrected chi connectivity index (χ4v) is 2.69. The molecular weight excluding hydrogens is 315 g/mol. The monoisotopic (exact) mass is 328 g/mol. The molecule has 3 rings (SSSR count). The number of rotatable bonds is 4. The average molecular weight is 328 g/mol. The third-order valence-corrected chi connectivity index (χ3v) is 3.97. The number of aromatic nitrogens is 3. The van der Waals surface area contributed by atoms with Gasteiger partial charge in [-0.3, -0.25) is 15.1 Å². The summed E-state index contributed by atoms with van der Waals surface area (Å²) in [5.41, 5.74) is 2.24. The minimum Gasteiger partial charge on any atom is -0.296 e. The van der Waals surface area contributed by atoms with Crippen molar-refractivity contribution in [1.29, 1.82) is 0 Å². The zero-order valence-corrected chi connectivity index (χ0v) is 13.1. The number of aryl methyl sites for hydroxylation is 1. The number of anilines is 1. The number of carbonyl (C=O) groups excluding carboxylic acids is 1. The van der Waals surface area contributed by atoms with Gasteiger partial charge in [-0.25, -0.2) is 4.39 Å². The molecule has 0 fully saturated rings. The predicted octanol–water partition coefficient (Wildman–Crippen LogP) is 3.22. The van der Waals surface area contributed by atoms with Gasteiger partial charge in [0.2, 0.25) is 5.13 Å². The van der Waals surface area contributed by atoms with Crippen molar-refractivity contribution >= 4 is 22.4 Å². The summed E-state index contributed by atoms with van der Waals surface area (Å²) in [5, 5.41) is 11.9. The van der Waals surface area contributed by atoms with Crippen molar-refractivity contribution in [3.05, 3.63) is 70.2 Å². The van der Waals surface area contributed by atoms with Crippen LogP contribution in [0.3, 0.4) is 0 Å². The van der Waals surface area contributed by atoms with Crippen molar-refractivity contribution in [2.24, 2.45) is 0 Å². The van der Waals surface area contributed by atoms with Gasteiger partial charge in [0.25, 0.3) is 5.91 Å². The Morgan fingerprint density at radius 3 is 2.65 bits per heavy atom. The van der Waals surface area contributed by atoms with Gasteiger partial charge in [-0.15, -0.1) is 10.2 Å². The SMILES string of the molecule is Cc1ccc(C(=O)Nc2nnc(Cc3ccc(F)cc3)s2)cn1. The topological polar surface area (TPSA) is 67.8 Å². The molecule has 0 aliphatic heterocycles. The molecule has 3 aromatic rings.